The first-order chi connectivity index (χ1) is 6.27. The number of fused-ring (bicyclic) bond motifs is 1. The predicted molar refractivity (Wildman–Crippen MR) is 54.6 cm³/mol. The monoisotopic (exact) mass is 174 g/mol. The van der Waals surface area contributed by atoms with E-state index in [-0.39, 0.29) is 0 Å². The Morgan fingerprint density at radius 1 is 1.31 bits per heavy atom. The van der Waals surface area contributed by atoms with Crippen molar-refractivity contribution in [2.45, 2.75) is 20.3 Å². The minimum absolute atomic E-state index is 0.659. The zero-order chi connectivity index (χ0) is 9.26. The van der Waals surface area contributed by atoms with Crippen molar-refractivity contribution in [3.05, 3.63) is 30.0 Å². The second-order valence-electron chi connectivity index (χ2n) is 3.81. The van der Waals surface area contributed by atoms with Crippen LogP contribution in [0.25, 0.3) is 10.9 Å². The fourth-order valence-corrected chi connectivity index (χ4v) is 1.56. The Morgan fingerprint density at radius 3 is 2.85 bits per heavy atom. The lowest BCUT2D eigenvalue weighted by atomic mass is 10.1. The van der Waals surface area contributed by atoms with Crippen LogP contribution in [0.5, 0.6) is 0 Å². The smallest absolute Gasteiger partial charge is 0.0703 e. The van der Waals surface area contributed by atoms with Gasteiger partial charge in [0.25, 0.3) is 0 Å². The molecular formula is C11H14N2. The lowest BCUT2D eigenvalue weighted by molar-refractivity contribution is 0.636. The molecule has 1 aromatic heterocycles. The number of aromatic amines is 1. The Kier molecular flexibility index (Phi) is 2.05. The molecule has 0 aliphatic heterocycles. The Bertz CT molecular complexity index is 401. The minimum atomic E-state index is 0.659. The lowest BCUT2D eigenvalue weighted by Gasteiger charge is -2.00. The van der Waals surface area contributed by atoms with Gasteiger partial charge in [0.05, 0.1) is 11.2 Å². The molecule has 0 spiro atoms. The summed E-state index contributed by atoms with van der Waals surface area (Å²) in [7, 11) is 0. The third kappa shape index (κ3) is 1.57. The number of H-pyrrole nitrogens is 1. The Balaban J connectivity index is 2.46. The molecule has 2 heteroatoms. The summed E-state index contributed by atoms with van der Waals surface area (Å²) in [5.41, 5.74) is 2.32. The number of nitrogens with one attached hydrogen (secondary N) is 1. The van der Waals surface area contributed by atoms with E-state index in [4.69, 9.17) is 0 Å². The van der Waals surface area contributed by atoms with Crippen LogP contribution in [-0.4, -0.2) is 10.2 Å². The number of aromatic nitrogens is 2. The van der Waals surface area contributed by atoms with Crippen molar-refractivity contribution in [1.82, 2.24) is 10.2 Å². The van der Waals surface area contributed by atoms with Crippen molar-refractivity contribution >= 4 is 10.9 Å². The van der Waals surface area contributed by atoms with Gasteiger partial charge in [-0.2, -0.15) is 5.10 Å². The molecule has 68 valence electrons. The van der Waals surface area contributed by atoms with Crippen LogP contribution >= 0.6 is 0 Å². The van der Waals surface area contributed by atoms with Gasteiger partial charge in [0, 0.05) is 5.39 Å². The van der Waals surface area contributed by atoms with Crippen LogP contribution < -0.4 is 0 Å². The topological polar surface area (TPSA) is 28.7 Å². The number of hydrogen-bond acceptors (Lipinski definition) is 1. The summed E-state index contributed by atoms with van der Waals surface area (Å²) in [5.74, 6) is 0.659. The molecule has 2 nitrogen and oxygen atoms in total. The summed E-state index contributed by atoms with van der Waals surface area (Å²) in [6.45, 7) is 4.42. The highest BCUT2D eigenvalue weighted by Crippen LogP contribution is 2.17. The van der Waals surface area contributed by atoms with E-state index in [0.717, 1.165) is 11.9 Å². The highest BCUT2D eigenvalue weighted by molar-refractivity contribution is 5.81. The fourth-order valence-electron chi connectivity index (χ4n) is 1.56. The van der Waals surface area contributed by atoms with E-state index in [9.17, 15) is 0 Å². The zero-order valence-electron chi connectivity index (χ0n) is 8.04. The molecule has 0 amide bonds. The molecule has 0 radical (unpaired) electrons. The third-order valence-electron chi connectivity index (χ3n) is 2.15. The molecule has 13 heavy (non-hydrogen) atoms. The molecule has 0 aliphatic carbocycles. The van der Waals surface area contributed by atoms with E-state index < -0.39 is 0 Å². The molecule has 0 bridgehead atoms. The largest absolute Gasteiger partial charge is 0.278 e. The van der Waals surface area contributed by atoms with E-state index in [1.807, 2.05) is 6.07 Å². The Labute approximate surface area is 78.0 Å². The molecule has 0 saturated heterocycles. The molecule has 2 aromatic rings. The Hall–Kier alpha value is -1.31. The maximum absolute atomic E-state index is 4.31. The first-order valence-electron chi connectivity index (χ1n) is 4.69. The highest BCUT2D eigenvalue weighted by Gasteiger charge is 2.05. The van der Waals surface area contributed by atoms with Crippen molar-refractivity contribution in [3.8, 4) is 0 Å². The molecule has 2 rings (SSSR count). The SMILES string of the molecule is CC(C)Cc1n[nH]c2ccccc12. The summed E-state index contributed by atoms with van der Waals surface area (Å²) < 4.78 is 0. The molecule has 0 aliphatic rings. The summed E-state index contributed by atoms with van der Waals surface area (Å²) in [6, 6.07) is 8.27. The van der Waals surface area contributed by atoms with Gasteiger partial charge in [-0.1, -0.05) is 32.0 Å². The van der Waals surface area contributed by atoms with Gasteiger partial charge in [-0.15, -0.1) is 0 Å². The van der Waals surface area contributed by atoms with Crippen LogP contribution in [-0.2, 0) is 6.42 Å². The number of nitrogens with zero attached hydrogens (tertiary/aromatic N) is 1. The van der Waals surface area contributed by atoms with Crippen LogP contribution in [0.15, 0.2) is 24.3 Å². The van der Waals surface area contributed by atoms with Gasteiger partial charge in [0.1, 0.15) is 0 Å². The fraction of sp³-hybridized carbons (Fsp3) is 0.364. The number of hydrogen-bond donors (Lipinski definition) is 1. The second kappa shape index (κ2) is 3.21. The standard InChI is InChI=1S/C11H14N2/c1-8(2)7-11-9-5-3-4-6-10(9)12-13-11/h3-6,8H,7H2,1-2H3,(H,12,13). The second-order valence-corrected chi connectivity index (χ2v) is 3.81. The summed E-state index contributed by atoms with van der Waals surface area (Å²) >= 11 is 0. The van der Waals surface area contributed by atoms with Crippen molar-refractivity contribution in [2.24, 2.45) is 5.92 Å². The summed E-state index contributed by atoms with van der Waals surface area (Å²) in [4.78, 5) is 0. The normalized spacial score (nSPS) is 11.3. The average molecular weight is 174 g/mol. The molecule has 0 saturated carbocycles. The molecule has 1 aromatic carbocycles. The van der Waals surface area contributed by atoms with Gasteiger partial charge in [0.15, 0.2) is 0 Å². The van der Waals surface area contributed by atoms with Crippen molar-refractivity contribution in [3.63, 3.8) is 0 Å². The first-order valence-corrected chi connectivity index (χ1v) is 4.69. The highest BCUT2D eigenvalue weighted by atomic mass is 15.1. The molecule has 0 unspecified atom stereocenters. The van der Waals surface area contributed by atoms with Gasteiger partial charge >= 0.3 is 0 Å². The number of rotatable bonds is 2. The Morgan fingerprint density at radius 2 is 2.08 bits per heavy atom. The third-order valence-corrected chi connectivity index (χ3v) is 2.15. The molecule has 0 atom stereocenters. The average Bonchev–Trinajstić information content (AvgIpc) is 2.48. The number of para-hydroxylation sites is 1. The number of benzene rings is 1. The van der Waals surface area contributed by atoms with Crippen LogP contribution in [0.4, 0.5) is 0 Å². The van der Waals surface area contributed by atoms with Crippen LogP contribution in [0.1, 0.15) is 19.5 Å². The van der Waals surface area contributed by atoms with Crippen molar-refractivity contribution in [2.75, 3.05) is 0 Å². The van der Waals surface area contributed by atoms with E-state index in [1.165, 1.54) is 11.1 Å². The quantitative estimate of drug-likeness (QED) is 0.745. The van der Waals surface area contributed by atoms with Gasteiger partial charge in [0.2, 0.25) is 0 Å². The zero-order valence-corrected chi connectivity index (χ0v) is 8.04. The van der Waals surface area contributed by atoms with Crippen LogP contribution in [0.3, 0.4) is 0 Å². The molecule has 0 fully saturated rings. The minimum Gasteiger partial charge on any atom is -0.278 e. The first kappa shape index (κ1) is 8.30. The van der Waals surface area contributed by atoms with E-state index in [1.54, 1.807) is 0 Å². The summed E-state index contributed by atoms with van der Waals surface area (Å²) in [5, 5.41) is 8.61. The predicted octanol–water partition coefficient (Wildman–Crippen LogP) is 2.76. The van der Waals surface area contributed by atoms with Crippen molar-refractivity contribution in [1.29, 1.82) is 0 Å². The van der Waals surface area contributed by atoms with Gasteiger partial charge < -0.3 is 0 Å². The molecular weight excluding hydrogens is 160 g/mol. The van der Waals surface area contributed by atoms with Crippen LogP contribution in [0, 0.1) is 5.92 Å². The molecule has 1 heterocycles. The van der Waals surface area contributed by atoms with Gasteiger partial charge in [-0.3, -0.25) is 5.10 Å². The van der Waals surface area contributed by atoms with E-state index >= 15 is 0 Å². The maximum atomic E-state index is 4.31. The van der Waals surface area contributed by atoms with Crippen molar-refractivity contribution < 1.29 is 0 Å². The lowest BCUT2D eigenvalue weighted by Crippen LogP contribution is -1.94. The molecule has 1 N–H and O–H groups in total. The summed E-state index contributed by atoms with van der Waals surface area (Å²) in [6.07, 6.45) is 1.05. The van der Waals surface area contributed by atoms with Gasteiger partial charge in [-0.05, 0) is 18.4 Å². The van der Waals surface area contributed by atoms with E-state index in [0.29, 0.717) is 5.92 Å². The van der Waals surface area contributed by atoms with Crippen LogP contribution in [0.2, 0.25) is 0 Å². The maximum Gasteiger partial charge on any atom is 0.0703 e. The van der Waals surface area contributed by atoms with Gasteiger partial charge in [-0.25, -0.2) is 0 Å². The van der Waals surface area contributed by atoms with E-state index in [2.05, 4.69) is 42.2 Å².